The number of benzene rings is 3. The molecule has 0 heterocycles. The van der Waals surface area contributed by atoms with Crippen LogP contribution in [0.4, 0.5) is 0 Å². The molecule has 0 aliphatic rings. The van der Waals surface area contributed by atoms with Crippen LogP contribution in [0.1, 0.15) is 18.9 Å². The smallest absolute Gasteiger partial charge is 0.261 e. The lowest BCUT2D eigenvalue weighted by Crippen LogP contribution is -2.39. The van der Waals surface area contributed by atoms with Crippen LogP contribution in [-0.2, 0) is 10.5 Å². The summed E-state index contributed by atoms with van der Waals surface area (Å²) in [6, 6.07) is 19.6. The maximum Gasteiger partial charge on any atom is 0.261 e. The second-order valence-electron chi connectivity index (χ2n) is 6.62. The topological polar surface area (TPSA) is 38.3 Å². The van der Waals surface area contributed by atoms with Gasteiger partial charge in [-0.2, -0.15) is 11.8 Å². The first-order valence-electron chi connectivity index (χ1n) is 9.51. The summed E-state index contributed by atoms with van der Waals surface area (Å²) < 4.78 is 5.94. The van der Waals surface area contributed by atoms with Crippen LogP contribution in [0.2, 0.25) is 10.0 Å². The maximum atomic E-state index is 12.5. The van der Waals surface area contributed by atoms with Gasteiger partial charge in [0.05, 0.1) is 10.0 Å². The lowest BCUT2D eigenvalue weighted by atomic mass is 10.1. The zero-order valence-corrected chi connectivity index (χ0v) is 18.5. The summed E-state index contributed by atoms with van der Waals surface area (Å²) in [5.74, 6) is 2.24. The Morgan fingerprint density at radius 3 is 2.59 bits per heavy atom. The molecule has 0 fully saturated rings. The van der Waals surface area contributed by atoms with Crippen molar-refractivity contribution < 1.29 is 9.53 Å². The normalized spacial score (nSPS) is 12.0. The highest BCUT2D eigenvalue weighted by atomic mass is 35.5. The van der Waals surface area contributed by atoms with Gasteiger partial charge in [0.1, 0.15) is 5.75 Å². The third-order valence-corrected chi connectivity index (χ3v) is 6.23. The number of halogens is 2. The SMILES string of the molecule is CC[C@H](Oc1ccc2ccccc2c1)C(=O)NCCSCc1ccc(Cl)c(Cl)c1. The standard InChI is InChI=1S/C23H23Cl2NO2S/c1-2-22(28-19-9-8-17-5-3-4-6-18(17)14-19)23(27)26-11-12-29-15-16-7-10-20(24)21(25)13-16/h3-10,13-14,22H,2,11-12,15H2,1H3,(H,26,27)/t22-/m0/s1. The molecule has 3 aromatic rings. The van der Waals surface area contributed by atoms with E-state index >= 15 is 0 Å². The zero-order valence-electron chi connectivity index (χ0n) is 16.2. The summed E-state index contributed by atoms with van der Waals surface area (Å²) in [5.41, 5.74) is 1.11. The first kappa shape index (κ1) is 21.8. The fourth-order valence-electron chi connectivity index (χ4n) is 2.91. The quantitative estimate of drug-likeness (QED) is 0.388. The summed E-state index contributed by atoms with van der Waals surface area (Å²) in [4.78, 5) is 12.5. The lowest BCUT2D eigenvalue weighted by molar-refractivity contribution is -0.127. The van der Waals surface area contributed by atoms with E-state index in [1.165, 1.54) is 0 Å². The molecule has 0 bridgehead atoms. The van der Waals surface area contributed by atoms with Gasteiger partial charge >= 0.3 is 0 Å². The summed E-state index contributed by atoms with van der Waals surface area (Å²) in [5, 5.41) is 6.34. The third-order valence-electron chi connectivity index (χ3n) is 4.46. The second kappa shape index (κ2) is 10.8. The number of hydrogen-bond acceptors (Lipinski definition) is 3. The minimum Gasteiger partial charge on any atom is -0.481 e. The third kappa shape index (κ3) is 6.30. The number of amides is 1. The number of carbonyl (C=O) groups excluding carboxylic acids is 1. The number of nitrogens with one attached hydrogen (secondary N) is 1. The van der Waals surface area contributed by atoms with Gasteiger partial charge in [0.2, 0.25) is 0 Å². The first-order valence-corrected chi connectivity index (χ1v) is 11.4. The second-order valence-corrected chi connectivity index (χ2v) is 8.54. The number of hydrogen-bond donors (Lipinski definition) is 1. The van der Waals surface area contributed by atoms with Gasteiger partial charge in [0.25, 0.3) is 5.91 Å². The summed E-state index contributed by atoms with van der Waals surface area (Å²) in [6.45, 7) is 2.53. The molecule has 152 valence electrons. The molecule has 0 aliphatic heterocycles. The minimum atomic E-state index is -0.503. The van der Waals surface area contributed by atoms with E-state index in [0.29, 0.717) is 28.8 Å². The molecule has 0 saturated carbocycles. The zero-order chi connectivity index (χ0) is 20.6. The first-order chi connectivity index (χ1) is 14.1. The molecule has 0 radical (unpaired) electrons. The van der Waals surface area contributed by atoms with Gasteiger partial charge in [-0.15, -0.1) is 0 Å². The lowest BCUT2D eigenvalue weighted by Gasteiger charge is -2.17. The van der Waals surface area contributed by atoms with Gasteiger partial charge in [-0.1, -0.05) is 66.5 Å². The molecule has 1 atom stereocenters. The van der Waals surface area contributed by atoms with Crippen LogP contribution in [0.25, 0.3) is 10.8 Å². The fourth-order valence-corrected chi connectivity index (χ4v) is 4.03. The Kier molecular flexibility index (Phi) is 8.10. The van der Waals surface area contributed by atoms with Gasteiger partial charge in [0.15, 0.2) is 6.10 Å². The van der Waals surface area contributed by atoms with Crippen molar-refractivity contribution in [3.05, 3.63) is 76.3 Å². The Morgan fingerprint density at radius 1 is 1.03 bits per heavy atom. The summed E-state index contributed by atoms with van der Waals surface area (Å²) in [7, 11) is 0. The van der Waals surface area contributed by atoms with Gasteiger partial charge in [-0.05, 0) is 47.0 Å². The van der Waals surface area contributed by atoms with Crippen LogP contribution in [0.5, 0.6) is 5.75 Å². The predicted molar refractivity (Wildman–Crippen MR) is 124 cm³/mol. The van der Waals surface area contributed by atoms with Crippen molar-refractivity contribution in [3.63, 3.8) is 0 Å². The van der Waals surface area contributed by atoms with Gasteiger partial charge < -0.3 is 10.1 Å². The van der Waals surface area contributed by atoms with Crippen molar-refractivity contribution in [3.8, 4) is 5.75 Å². The molecule has 1 amide bonds. The summed E-state index contributed by atoms with van der Waals surface area (Å²) >= 11 is 13.7. The highest BCUT2D eigenvalue weighted by Gasteiger charge is 2.18. The molecule has 1 N–H and O–H groups in total. The number of rotatable bonds is 9. The van der Waals surface area contributed by atoms with Gasteiger partial charge in [-0.3, -0.25) is 4.79 Å². The monoisotopic (exact) mass is 447 g/mol. The average Bonchev–Trinajstić information content (AvgIpc) is 2.74. The van der Waals surface area contributed by atoms with Crippen LogP contribution in [-0.4, -0.2) is 24.3 Å². The number of fused-ring (bicyclic) bond motifs is 1. The number of carbonyl (C=O) groups is 1. The predicted octanol–water partition coefficient (Wildman–Crippen LogP) is 6.35. The molecular formula is C23H23Cl2NO2S. The van der Waals surface area contributed by atoms with Crippen LogP contribution >= 0.6 is 35.0 Å². The molecule has 3 nitrogen and oxygen atoms in total. The van der Waals surface area contributed by atoms with E-state index in [4.69, 9.17) is 27.9 Å². The molecule has 0 spiro atoms. The minimum absolute atomic E-state index is 0.0872. The van der Waals surface area contributed by atoms with E-state index in [1.807, 2.05) is 55.5 Å². The van der Waals surface area contributed by atoms with Crippen molar-refractivity contribution in [1.29, 1.82) is 0 Å². The Balaban J connectivity index is 1.44. The highest BCUT2D eigenvalue weighted by Crippen LogP contribution is 2.25. The average molecular weight is 448 g/mol. The van der Waals surface area contributed by atoms with E-state index in [2.05, 4.69) is 11.4 Å². The molecule has 6 heteroatoms. The molecular weight excluding hydrogens is 425 g/mol. The Labute approximate surface area is 185 Å². The Bertz CT molecular complexity index is 980. The van der Waals surface area contributed by atoms with E-state index < -0.39 is 6.10 Å². The van der Waals surface area contributed by atoms with E-state index in [1.54, 1.807) is 17.8 Å². The largest absolute Gasteiger partial charge is 0.481 e. The highest BCUT2D eigenvalue weighted by molar-refractivity contribution is 7.98. The van der Waals surface area contributed by atoms with Crippen molar-refractivity contribution in [2.45, 2.75) is 25.2 Å². The van der Waals surface area contributed by atoms with E-state index in [-0.39, 0.29) is 5.91 Å². The Morgan fingerprint density at radius 2 is 1.83 bits per heavy atom. The molecule has 0 unspecified atom stereocenters. The van der Waals surface area contributed by atoms with Crippen molar-refractivity contribution in [1.82, 2.24) is 5.32 Å². The molecule has 0 aliphatic carbocycles. The van der Waals surface area contributed by atoms with Crippen LogP contribution in [0.15, 0.2) is 60.7 Å². The van der Waals surface area contributed by atoms with Crippen LogP contribution in [0, 0.1) is 0 Å². The van der Waals surface area contributed by atoms with E-state index in [0.717, 1.165) is 27.8 Å². The molecule has 0 saturated heterocycles. The van der Waals surface area contributed by atoms with Gasteiger partial charge in [-0.25, -0.2) is 0 Å². The maximum absolute atomic E-state index is 12.5. The number of ether oxygens (including phenoxy) is 1. The number of thioether (sulfide) groups is 1. The molecule has 3 aromatic carbocycles. The molecule has 29 heavy (non-hydrogen) atoms. The van der Waals surface area contributed by atoms with Crippen molar-refractivity contribution in [2.24, 2.45) is 0 Å². The summed E-state index contributed by atoms with van der Waals surface area (Å²) in [6.07, 6.45) is 0.103. The van der Waals surface area contributed by atoms with E-state index in [9.17, 15) is 4.79 Å². The van der Waals surface area contributed by atoms with Crippen LogP contribution < -0.4 is 10.1 Å². The van der Waals surface area contributed by atoms with Gasteiger partial charge in [0, 0.05) is 18.1 Å². The Hall–Kier alpha value is -1.88. The van der Waals surface area contributed by atoms with Crippen LogP contribution in [0.3, 0.4) is 0 Å². The van der Waals surface area contributed by atoms with Crippen molar-refractivity contribution in [2.75, 3.05) is 12.3 Å². The van der Waals surface area contributed by atoms with Crippen molar-refractivity contribution >= 4 is 51.6 Å². The molecule has 3 rings (SSSR count). The molecule has 0 aromatic heterocycles. The fraction of sp³-hybridized carbons (Fsp3) is 0.261.